The molecule has 13 heavy (non-hydrogen) atoms. The number of hydrogen-bond acceptors (Lipinski definition) is 1. The monoisotopic (exact) mass is 179 g/mol. The number of hydrogen-bond donors (Lipinski definition) is 1. The summed E-state index contributed by atoms with van der Waals surface area (Å²) >= 11 is 0. The lowest BCUT2D eigenvalue weighted by Gasteiger charge is -2.29. The van der Waals surface area contributed by atoms with Crippen LogP contribution in [0, 0.1) is 5.92 Å². The lowest BCUT2D eigenvalue weighted by molar-refractivity contribution is 0.258. The summed E-state index contributed by atoms with van der Waals surface area (Å²) in [5, 5.41) is 3.72. The normalized spacial score (nSPS) is 26.2. The molecule has 1 heteroatoms. The quantitative estimate of drug-likeness (QED) is 0.654. The molecule has 1 N–H and O–H groups in total. The summed E-state index contributed by atoms with van der Waals surface area (Å²) in [4.78, 5) is 0. The summed E-state index contributed by atoms with van der Waals surface area (Å²) in [7, 11) is 0. The Hall–Kier alpha value is -0.300. The van der Waals surface area contributed by atoms with Gasteiger partial charge >= 0.3 is 0 Å². The smallest absolute Gasteiger partial charge is 0.0138 e. The van der Waals surface area contributed by atoms with Crippen LogP contribution in [0.2, 0.25) is 0 Å². The fourth-order valence-corrected chi connectivity index (χ4v) is 2.45. The van der Waals surface area contributed by atoms with Crippen LogP contribution in [0.15, 0.2) is 12.2 Å². The van der Waals surface area contributed by atoms with Crippen molar-refractivity contribution in [3.63, 3.8) is 0 Å². The molecule has 1 nitrogen and oxygen atoms in total. The van der Waals surface area contributed by atoms with Crippen molar-refractivity contribution in [2.45, 2.75) is 57.5 Å². The van der Waals surface area contributed by atoms with E-state index in [1.54, 1.807) is 0 Å². The molecule has 0 aromatic rings. The van der Waals surface area contributed by atoms with Gasteiger partial charge in [0.1, 0.15) is 0 Å². The van der Waals surface area contributed by atoms with Crippen LogP contribution in [-0.2, 0) is 0 Å². The van der Waals surface area contributed by atoms with E-state index in [0.29, 0.717) is 0 Å². The molecule has 0 spiro atoms. The summed E-state index contributed by atoms with van der Waals surface area (Å²) in [5.74, 6) is 1.04. The highest BCUT2D eigenvalue weighted by molar-refractivity contribution is 4.98. The standard InChI is InChI=1S/C12H21N/c1-10(9-11-5-4-6-11)13-12-7-2-3-8-12/h2-3,10-13H,4-9H2,1H3. The minimum absolute atomic E-state index is 0.732. The molecule has 74 valence electrons. The molecule has 0 radical (unpaired) electrons. The van der Waals surface area contributed by atoms with Gasteiger partial charge in [-0.3, -0.25) is 0 Å². The topological polar surface area (TPSA) is 12.0 Å². The van der Waals surface area contributed by atoms with Crippen LogP contribution in [0.5, 0.6) is 0 Å². The fourth-order valence-electron chi connectivity index (χ4n) is 2.45. The molecule has 1 atom stereocenters. The Labute approximate surface area is 81.6 Å². The van der Waals surface area contributed by atoms with Gasteiger partial charge in [0, 0.05) is 12.1 Å². The molecule has 0 aromatic carbocycles. The van der Waals surface area contributed by atoms with Gasteiger partial charge in [0.05, 0.1) is 0 Å². The molecular formula is C12H21N. The molecular weight excluding hydrogens is 158 g/mol. The van der Waals surface area contributed by atoms with Crippen LogP contribution in [0.1, 0.15) is 45.4 Å². The molecule has 2 aliphatic rings. The van der Waals surface area contributed by atoms with Crippen molar-refractivity contribution in [2.24, 2.45) is 5.92 Å². The minimum atomic E-state index is 0.732. The number of rotatable bonds is 4. The summed E-state index contributed by atoms with van der Waals surface area (Å²) in [6.45, 7) is 2.34. The summed E-state index contributed by atoms with van der Waals surface area (Å²) in [6.07, 6.45) is 12.9. The van der Waals surface area contributed by atoms with Crippen LogP contribution < -0.4 is 5.32 Å². The third-order valence-corrected chi connectivity index (χ3v) is 3.44. The molecule has 0 bridgehead atoms. The van der Waals surface area contributed by atoms with Gasteiger partial charge < -0.3 is 5.32 Å². The molecule has 1 saturated carbocycles. The van der Waals surface area contributed by atoms with E-state index in [0.717, 1.165) is 18.0 Å². The second-order valence-electron chi connectivity index (χ2n) is 4.74. The van der Waals surface area contributed by atoms with E-state index >= 15 is 0 Å². The number of nitrogens with one attached hydrogen (secondary N) is 1. The summed E-state index contributed by atoms with van der Waals surface area (Å²) in [5.41, 5.74) is 0. The summed E-state index contributed by atoms with van der Waals surface area (Å²) < 4.78 is 0. The van der Waals surface area contributed by atoms with Crippen LogP contribution in [-0.4, -0.2) is 12.1 Å². The largest absolute Gasteiger partial charge is 0.311 e. The van der Waals surface area contributed by atoms with Crippen molar-refractivity contribution < 1.29 is 0 Å². The highest BCUT2D eigenvalue weighted by Crippen LogP contribution is 2.30. The van der Waals surface area contributed by atoms with Crippen molar-refractivity contribution in [1.82, 2.24) is 5.32 Å². The van der Waals surface area contributed by atoms with E-state index in [1.165, 1.54) is 38.5 Å². The zero-order chi connectivity index (χ0) is 9.10. The average molecular weight is 179 g/mol. The molecule has 1 unspecified atom stereocenters. The molecule has 0 saturated heterocycles. The second-order valence-corrected chi connectivity index (χ2v) is 4.74. The van der Waals surface area contributed by atoms with Gasteiger partial charge in [-0.2, -0.15) is 0 Å². The predicted molar refractivity (Wildman–Crippen MR) is 56.7 cm³/mol. The van der Waals surface area contributed by atoms with Gasteiger partial charge in [0.25, 0.3) is 0 Å². The van der Waals surface area contributed by atoms with E-state index in [9.17, 15) is 0 Å². The molecule has 2 rings (SSSR count). The SMILES string of the molecule is CC(CC1CCC1)NC1CC=CC1. The molecule has 2 aliphatic carbocycles. The van der Waals surface area contributed by atoms with Crippen molar-refractivity contribution in [3.05, 3.63) is 12.2 Å². The molecule has 1 fully saturated rings. The Morgan fingerprint density at radius 1 is 1.31 bits per heavy atom. The van der Waals surface area contributed by atoms with E-state index in [4.69, 9.17) is 0 Å². The average Bonchev–Trinajstić information content (AvgIpc) is 2.49. The molecule has 0 aromatic heterocycles. The lowest BCUT2D eigenvalue weighted by atomic mass is 9.81. The van der Waals surface area contributed by atoms with Crippen molar-refractivity contribution in [2.75, 3.05) is 0 Å². The highest BCUT2D eigenvalue weighted by Gasteiger charge is 2.21. The lowest BCUT2D eigenvalue weighted by Crippen LogP contribution is -2.36. The Morgan fingerprint density at radius 2 is 2.00 bits per heavy atom. The highest BCUT2D eigenvalue weighted by atomic mass is 14.9. The van der Waals surface area contributed by atoms with E-state index in [1.807, 2.05) is 0 Å². The first-order valence-corrected chi connectivity index (χ1v) is 5.75. The van der Waals surface area contributed by atoms with E-state index in [2.05, 4.69) is 24.4 Å². The molecule has 0 amide bonds. The Kier molecular flexibility index (Phi) is 3.05. The predicted octanol–water partition coefficient (Wildman–Crippen LogP) is 2.87. The van der Waals surface area contributed by atoms with Gasteiger partial charge in [-0.1, -0.05) is 31.4 Å². The van der Waals surface area contributed by atoms with Crippen LogP contribution in [0.25, 0.3) is 0 Å². The second kappa shape index (κ2) is 4.28. The maximum absolute atomic E-state index is 3.72. The minimum Gasteiger partial charge on any atom is -0.311 e. The van der Waals surface area contributed by atoms with Crippen LogP contribution >= 0.6 is 0 Å². The van der Waals surface area contributed by atoms with Gasteiger partial charge in [0.15, 0.2) is 0 Å². The first-order chi connectivity index (χ1) is 6.34. The third-order valence-electron chi connectivity index (χ3n) is 3.44. The maximum atomic E-state index is 3.72. The van der Waals surface area contributed by atoms with Crippen molar-refractivity contribution in [1.29, 1.82) is 0 Å². The van der Waals surface area contributed by atoms with E-state index < -0.39 is 0 Å². The first kappa shape index (κ1) is 9.26. The van der Waals surface area contributed by atoms with Gasteiger partial charge in [-0.25, -0.2) is 0 Å². The van der Waals surface area contributed by atoms with Crippen molar-refractivity contribution in [3.8, 4) is 0 Å². The van der Waals surface area contributed by atoms with E-state index in [-0.39, 0.29) is 0 Å². The Morgan fingerprint density at radius 3 is 2.54 bits per heavy atom. The van der Waals surface area contributed by atoms with Gasteiger partial charge in [-0.15, -0.1) is 0 Å². The van der Waals surface area contributed by atoms with Crippen molar-refractivity contribution >= 4 is 0 Å². The zero-order valence-electron chi connectivity index (χ0n) is 8.63. The molecule has 0 aliphatic heterocycles. The Balaban J connectivity index is 1.62. The van der Waals surface area contributed by atoms with Crippen LogP contribution in [0.3, 0.4) is 0 Å². The summed E-state index contributed by atoms with van der Waals surface area (Å²) in [6, 6.07) is 1.48. The van der Waals surface area contributed by atoms with Crippen LogP contribution in [0.4, 0.5) is 0 Å². The third kappa shape index (κ3) is 2.57. The van der Waals surface area contributed by atoms with Gasteiger partial charge in [-0.05, 0) is 32.1 Å². The fraction of sp³-hybridized carbons (Fsp3) is 0.833. The van der Waals surface area contributed by atoms with Gasteiger partial charge in [0.2, 0.25) is 0 Å². The zero-order valence-corrected chi connectivity index (χ0v) is 8.63. The first-order valence-electron chi connectivity index (χ1n) is 5.75. The Bertz CT molecular complexity index is 174. The maximum Gasteiger partial charge on any atom is 0.0138 e. The molecule has 0 heterocycles.